The van der Waals surface area contributed by atoms with Crippen molar-refractivity contribution >= 4 is 26.9 Å². The maximum absolute atomic E-state index is 11.4. The van der Waals surface area contributed by atoms with Gasteiger partial charge < -0.3 is 5.32 Å². The van der Waals surface area contributed by atoms with Crippen molar-refractivity contribution in [3.63, 3.8) is 0 Å². The molecule has 5 nitrogen and oxygen atoms in total. The third-order valence-corrected chi connectivity index (χ3v) is 5.91. The van der Waals surface area contributed by atoms with Crippen LogP contribution < -0.4 is 5.32 Å². The van der Waals surface area contributed by atoms with Gasteiger partial charge in [0.15, 0.2) is 14.9 Å². The Bertz CT molecular complexity index is 767. The van der Waals surface area contributed by atoms with Gasteiger partial charge in [0.2, 0.25) is 0 Å². The average Bonchev–Trinajstić information content (AvgIpc) is 2.86. The van der Waals surface area contributed by atoms with E-state index < -0.39 is 9.84 Å². The molecule has 0 saturated carbocycles. The molecule has 0 radical (unpaired) electrons. The Kier molecular flexibility index (Phi) is 4.18. The summed E-state index contributed by atoms with van der Waals surface area (Å²) in [6, 6.07) is 3.26. The van der Waals surface area contributed by atoms with E-state index in [9.17, 15) is 8.42 Å². The number of rotatable bonds is 4. The van der Waals surface area contributed by atoms with Crippen LogP contribution in [-0.4, -0.2) is 24.6 Å². The summed E-state index contributed by atoms with van der Waals surface area (Å²) in [6.07, 6.45) is 6.14. The predicted octanol–water partition coefficient (Wildman–Crippen LogP) is 2.68. The number of pyridine rings is 1. The third-order valence-electron chi connectivity index (χ3n) is 3.79. The first-order valence-corrected chi connectivity index (χ1v) is 10.00. The second-order valence-corrected chi connectivity index (χ2v) is 8.97. The normalized spacial score (nSPS) is 18.0. The Labute approximate surface area is 134 Å². The topological polar surface area (TPSA) is 72.0 Å². The lowest BCUT2D eigenvalue weighted by atomic mass is 9.93. The lowest BCUT2D eigenvalue weighted by molar-refractivity contribution is 0.501. The van der Waals surface area contributed by atoms with E-state index in [2.05, 4.69) is 17.2 Å². The molecule has 0 aliphatic heterocycles. The Balaban J connectivity index is 1.66. The summed E-state index contributed by atoms with van der Waals surface area (Å²) in [4.78, 5) is 10.1. The monoisotopic (exact) mass is 337 g/mol. The van der Waals surface area contributed by atoms with Crippen molar-refractivity contribution in [2.45, 2.75) is 37.8 Å². The van der Waals surface area contributed by atoms with Gasteiger partial charge in [-0.15, -0.1) is 11.3 Å². The van der Waals surface area contributed by atoms with Crippen LogP contribution in [0.15, 0.2) is 23.4 Å². The molecule has 0 fully saturated rings. The van der Waals surface area contributed by atoms with E-state index in [1.807, 2.05) is 0 Å². The van der Waals surface area contributed by atoms with Gasteiger partial charge >= 0.3 is 0 Å². The van der Waals surface area contributed by atoms with Crippen molar-refractivity contribution < 1.29 is 8.42 Å². The van der Waals surface area contributed by atoms with Crippen LogP contribution in [0.5, 0.6) is 0 Å². The van der Waals surface area contributed by atoms with E-state index in [1.54, 1.807) is 23.6 Å². The van der Waals surface area contributed by atoms with E-state index in [-0.39, 0.29) is 5.03 Å². The number of hydrogen-bond donors (Lipinski definition) is 1. The van der Waals surface area contributed by atoms with Crippen molar-refractivity contribution in [2.75, 3.05) is 11.6 Å². The average molecular weight is 337 g/mol. The van der Waals surface area contributed by atoms with E-state index in [1.165, 1.54) is 23.1 Å². The lowest BCUT2D eigenvalue weighted by Gasteiger charge is -2.15. The van der Waals surface area contributed by atoms with Gasteiger partial charge in [-0.2, -0.15) is 0 Å². The smallest absolute Gasteiger partial charge is 0.192 e. The molecular weight excluding hydrogens is 318 g/mol. The van der Waals surface area contributed by atoms with E-state index >= 15 is 0 Å². The minimum atomic E-state index is -3.24. The molecule has 0 unspecified atom stereocenters. The second-order valence-electron chi connectivity index (χ2n) is 5.84. The molecular formula is C15H19N3O2S2. The molecule has 1 N–H and O–H groups in total. The van der Waals surface area contributed by atoms with Gasteiger partial charge in [0, 0.05) is 11.1 Å². The molecule has 7 heteroatoms. The van der Waals surface area contributed by atoms with Crippen molar-refractivity contribution in [1.82, 2.24) is 9.97 Å². The zero-order valence-corrected chi connectivity index (χ0v) is 14.3. The predicted molar refractivity (Wildman–Crippen MR) is 88.0 cm³/mol. The van der Waals surface area contributed by atoms with E-state index in [4.69, 9.17) is 4.98 Å². The molecule has 0 saturated heterocycles. The van der Waals surface area contributed by atoms with E-state index in [0.29, 0.717) is 6.54 Å². The second kappa shape index (κ2) is 5.96. The van der Waals surface area contributed by atoms with Crippen molar-refractivity contribution in [1.29, 1.82) is 0 Å². The largest absolute Gasteiger partial charge is 0.377 e. The lowest BCUT2D eigenvalue weighted by Crippen LogP contribution is -2.09. The van der Waals surface area contributed by atoms with Gasteiger partial charge in [-0.05, 0) is 37.3 Å². The molecule has 2 aromatic heterocycles. The van der Waals surface area contributed by atoms with Gasteiger partial charge in [-0.25, -0.2) is 18.4 Å². The fraction of sp³-hybridized carbons (Fsp3) is 0.467. The molecule has 0 spiro atoms. The van der Waals surface area contributed by atoms with Gasteiger partial charge in [-0.1, -0.05) is 6.92 Å². The standard InChI is InChI=1S/C15H19N3O2S2/c1-10-3-5-12-13(7-10)21-14(18-12)9-16-11-4-6-15(17-8-11)22(2,19)20/h4,6,8,10,16H,3,5,7,9H2,1-2H3/t10-/m1/s1. The van der Waals surface area contributed by atoms with Gasteiger partial charge in [-0.3, -0.25) is 0 Å². The fourth-order valence-electron chi connectivity index (χ4n) is 2.55. The fourth-order valence-corrected chi connectivity index (χ4v) is 4.33. The maximum Gasteiger partial charge on any atom is 0.192 e. The van der Waals surface area contributed by atoms with Crippen LogP contribution in [0, 0.1) is 5.92 Å². The highest BCUT2D eigenvalue weighted by Crippen LogP contribution is 2.30. The summed E-state index contributed by atoms with van der Waals surface area (Å²) in [6.45, 7) is 2.93. The highest BCUT2D eigenvalue weighted by Gasteiger charge is 2.19. The number of sulfone groups is 1. The van der Waals surface area contributed by atoms with Crippen LogP contribution in [-0.2, 0) is 29.2 Å². The molecule has 1 aliphatic rings. The number of anilines is 1. The van der Waals surface area contributed by atoms with E-state index in [0.717, 1.165) is 35.7 Å². The molecule has 22 heavy (non-hydrogen) atoms. The first kappa shape index (κ1) is 15.4. The molecule has 1 atom stereocenters. The molecule has 3 rings (SSSR count). The number of hydrogen-bond acceptors (Lipinski definition) is 6. The number of nitrogens with zero attached hydrogens (tertiary/aromatic N) is 2. The van der Waals surface area contributed by atoms with Crippen molar-refractivity contribution in [2.24, 2.45) is 5.92 Å². The number of nitrogens with one attached hydrogen (secondary N) is 1. The van der Waals surface area contributed by atoms with Crippen molar-refractivity contribution in [3.8, 4) is 0 Å². The summed E-state index contributed by atoms with van der Waals surface area (Å²) >= 11 is 1.78. The first-order valence-electron chi connectivity index (χ1n) is 7.29. The zero-order valence-electron chi connectivity index (χ0n) is 12.7. The number of aromatic nitrogens is 2. The summed E-state index contributed by atoms with van der Waals surface area (Å²) in [5, 5.41) is 4.42. The van der Waals surface area contributed by atoms with Crippen LogP contribution in [0.4, 0.5) is 5.69 Å². The third kappa shape index (κ3) is 3.47. The number of thiazole rings is 1. The Morgan fingerprint density at radius 3 is 2.91 bits per heavy atom. The van der Waals surface area contributed by atoms with Gasteiger partial charge in [0.1, 0.15) is 5.01 Å². The quantitative estimate of drug-likeness (QED) is 0.929. The van der Waals surface area contributed by atoms with Crippen LogP contribution in [0.2, 0.25) is 0 Å². The van der Waals surface area contributed by atoms with Gasteiger partial charge in [0.05, 0.1) is 24.1 Å². The SMILES string of the molecule is C[C@@H]1CCc2nc(CNc3ccc(S(C)(=O)=O)nc3)sc2C1. The summed E-state index contributed by atoms with van der Waals surface area (Å²) in [7, 11) is -3.24. The van der Waals surface area contributed by atoms with Crippen LogP contribution in [0.25, 0.3) is 0 Å². The molecule has 2 heterocycles. The summed E-state index contributed by atoms with van der Waals surface area (Å²) in [5.41, 5.74) is 2.05. The highest BCUT2D eigenvalue weighted by molar-refractivity contribution is 7.90. The Morgan fingerprint density at radius 1 is 1.41 bits per heavy atom. The first-order chi connectivity index (χ1) is 10.4. The zero-order chi connectivity index (χ0) is 15.7. The van der Waals surface area contributed by atoms with Crippen molar-refractivity contribution in [3.05, 3.63) is 33.9 Å². The van der Waals surface area contributed by atoms with Gasteiger partial charge in [0.25, 0.3) is 0 Å². The molecule has 118 valence electrons. The Hall–Kier alpha value is -1.47. The minimum Gasteiger partial charge on any atom is -0.377 e. The minimum absolute atomic E-state index is 0.0942. The highest BCUT2D eigenvalue weighted by atomic mass is 32.2. The number of aryl methyl sites for hydroxylation is 1. The Morgan fingerprint density at radius 2 is 2.23 bits per heavy atom. The number of fused-ring (bicyclic) bond motifs is 1. The summed E-state index contributed by atoms with van der Waals surface area (Å²) < 4.78 is 22.7. The van der Waals surface area contributed by atoms with Crippen LogP contribution in [0.3, 0.4) is 0 Å². The molecule has 0 bridgehead atoms. The molecule has 1 aliphatic carbocycles. The maximum atomic E-state index is 11.4. The molecule has 0 amide bonds. The van der Waals surface area contributed by atoms with Crippen LogP contribution >= 0.6 is 11.3 Å². The molecule has 2 aromatic rings. The van der Waals surface area contributed by atoms with Crippen LogP contribution in [0.1, 0.15) is 28.9 Å². The summed E-state index contributed by atoms with van der Waals surface area (Å²) in [5.74, 6) is 0.751. The molecule has 0 aromatic carbocycles.